The van der Waals surface area contributed by atoms with E-state index in [9.17, 15) is 50.1 Å². The van der Waals surface area contributed by atoms with E-state index in [1.807, 2.05) is 0 Å². The minimum absolute atomic E-state index is 0.0959. The largest absolute Gasteiger partial charge is 0.504 e. The predicted octanol–water partition coefficient (Wildman–Crippen LogP) is 4.18. The lowest BCUT2D eigenvalue weighted by atomic mass is 9.87. The summed E-state index contributed by atoms with van der Waals surface area (Å²) in [4.78, 5) is 38.4. The molecule has 0 aliphatic carbocycles. The van der Waals surface area contributed by atoms with E-state index in [4.69, 9.17) is 18.9 Å². The zero-order chi connectivity index (χ0) is 36.1. The highest BCUT2D eigenvalue weighted by Gasteiger charge is 2.44. The lowest BCUT2D eigenvalue weighted by molar-refractivity contribution is -0.160. The maximum absolute atomic E-state index is 13.8. The third kappa shape index (κ3) is 7.59. The van der Waals surface area contributed by atoms with Gasteiger partial charge in [-0.25, -0.2) is 9.59 Å². The van der Waals surface area contributed by atoms with Crippen LogP contribution in [0.1, 0.15) is 39.8 Å². The van der Waals surface area contributed by atoms with Gasteiger partial charge in [-0.3, -0.25) is 4.79 Å². The van der Waals surface area contributed by atoms with E-state index in [1.54, 1.807) is 12.1 Å². The van der Waals surface area contributed by atoms with Crippen molar-refractivity contribution >= 4 is 24.0 Å². The van der Waals surface area contributed by atoms with Crippen molar-refractivity contribution in [2.75, 3.05) is 13.7 Å². The molecule has 260 valence electrons. The number of aliphatic carboxylic acids is 1. The summed E-state index contributed by atoms with van der Waals surface area (Å²) in [6, 6.07) is 14.8. The average molecular weight is 689 g/mol. The summed E-state index contributed by atoms with van der Waals surface area (Å²) in [5.74, 6) is -6.68. The fourth-order valence-corrected chi connectivity index (χ4v) is 5.44. The number of carboxylic acid groups (broad SMARTS) is 1. The third-order valence-corrected chi connectivity index (χ3v) is 7.92. The molecule has 0 saturated heterocycles. The van der Waals surface area contributed by atoms with Gasteiger partial charge in [0.25, 0.3) is 0 Å². The number of phenols is 6. The Kier molecular flexibility index (Phi) is 10.2. The number of methoxy groups -OCH3 is 1. The highest BCUT2D eigenvalue weighted by molar-refractivity contribution is 5.91. The predicted molar refractivity (Wildman–Crippen MR) is 173 cm³/mol. The maximum Gasteiger partial charge on any atom is 0.345 e. The number of rotatable bonds is 12. The van der Waals surface area contributed by atoms with Crippen LogP contribution in [-0.2, 0) is 36.7 Å². The molecule has 1 heterocycles. The van der Waals surface area contributed by atoms with E-state index in [1.165, 1.54) is 55.7 Å². The van der Waals surface area contributed by atoms with Gasteiger partial charge in [0.1, 0.15) is 12.0 Å². The Morgan fingerprint density at radius 3 is 2.12 bits per heavy atom. The van der Waals surface area contributed by atoms with E-state index < -0.39 is 59.0 Å². The first-order valence-electron chi connectivity index (χ1n) is 15.1. The van der Waals surface area contributed by atoms with Gasteiger partial charge in [-0.1, -0.05) is 24.3 Å². The lowest BCUT2D eigenvalue weighted by Crippen LogP contribution is -2.28. The molecule has 0 saturated carbocycles. The highest BCUT2D eigenvalue weighted by atomic mass is 16.6. The summed E-state index contributed by atoms with van der Waals surface area (Å²) in [5, 5.41) is 69.8. The number of carboxylic acids is 1. The number of carbonyl (C=O) groups is 3. The van der Waals surface area contributed by atoms with Crippen molar-refractivity contribution in [1.82, 2.24) is 0 Å². The zero-order valence-corrected chi connectivity index (χ0v) is 26.3. The normalized spacial score (nSPS) is 15.5. The molecule has 1 aliphatic heterocycles. The smallest absolute Gasteiger partial charge is 0.345 e. The van der Waals surface area contributed by atoms with Crippen LogP contribution in [0, 0.1) is 0 Å². The van der Waals surface area contributed by atoms with E-state index in [-0.39, 0.29) is 64.7 Å². The molecule has 0 amide bonds. The van der Waals surface area contributed by atoms with E-state index >= 15 is 0 Å². The van der Waals surface area contributed by atoms with Crippen LogP contribution in [0.25, 0.3) is 6.08 Å². The first-order valence-corrected chi connectivity index (χ1v) is 15.1. The summed E-state index contributed by atoms with van der Waals surface area (Å²) in [5.41, 5.74) is 1.48. The first-order chi connectivity index (χ1) is 23.9. The Hall–Kier alpha value is -6.57. The fraction of sp³-hybridized carbons (Fsp3) is 0.194. The number of carbonyl (C=O) groups excluding carboxylic acids is 2. The number of phenolic OH excluding ortho intramolecular Hbond substituents is 6. The number of esters is 2. The molecule has 0 bridgehead atoms. The zero-order valence-electron chi connectivity index (χ0n) is 26.3. The van der Waals surface area contributed by atoms with Gasteiger partial charge in [-0.15, -0.1) is 0 Å². The van der Waals surface area contributed by atoms with Gasteiger partial charge in [0, 0.05) is 24.5 Å². The molecule has 14 nitrogen and oxygen atoms in total. The van der Waals surface area contributed by atoms with Crippen molar-refractivity contribution in [3.8, 4) is 46.0 Å². The fourth-order valence-electron chi connectivity index (χ4n) is 5.44. The molecule has 0 spiro atoms. The Labute approximate surface area is 284 Å². The van der Waals surface area contributed by atoms with Crippen LogP contribution in [0.4, 0.5) is 0 Å². The average Bonchev–Trinajstić information content (AvgIpc) is 3.49. The molecule has 4 aromatic rings. The van der Waals surface area contributed by atoms with Gasteiger partial charge in [-0.2, -0.15) is 0 Å². The molecule has 3 atom stereocenters. The van der Waals surface area contributed by atoms with Crippen molar-refractivity contribution in [2.45, 2.75) is 31.0 Å². The Bertz CT molecular complexity index is 1970. The standard InChI is InChI=1S/C36H32O14/c1-47-28-10-3-18(14-27(28)42)12-13-48-36(46)32-31-20(4-9-24(39)34(31)50-33(32)21-5-8-23(38)26(41)17-21)6-11-30(43)49-29(35(44)45)16-19-2-7-22(37)25(40)15-19/h2-11,14-15,17,29,32-33,37-42H,12-13,16H2,1H3,(H,44,45)/b11-6+/t29-,32+,33-/m1/s1. The second kappa shape index (κ2) is 14.7. The lowest BCUT2D eigenvalue weighted by Gasteiger charge is -2.19. The van der Waals surface area contributed by atoms with Crippen LogP contribution in [0.2, 0.25) is 0 Å². The minimum Gasteiger partial charge on any atom is -0.504 e. The highest BCUT2D eigenvalue weighted by Crippen LogP contribution is 2.53. The molecule has 5 rings (SSSR count). The molecule has 7 N–H and O–H groups in total. The SMILES string of the molecule is COc1ccc(CCOC(=O)[C@H]2c3c(/C=C/C(=O)O[C@H](Cc4ccc(O)c(O)c4)C(=O)O)ccc(O)c3O[C@@H]2c2ccc(O)c(O)c2)cc1O. The monoisotopic (exact) mass is 688 g/mol. The van der Waals surface area contributed by atoms with Crippen molar-refractivity contribution in [3.05, 3.63) is 101 Å². The van der Waals surface area contributed by atoms with Crippen LogP contribution in [0.15, 0.2) is 72.8 Å². The molecular formula is C36H32O14. The quantitative estimate of drug-likeness (QED) is 0.0629. The number of benzene rings is 4. The maximum atomic E-state index is 13.8. The van der Waals surface area contributed by atoms with Gasteiger partial charge < -0.3 is 54.7 Å². The van der Waals surface area contributed by atoms with Crippen molar-refractivity contribution in [3.63, 3.8) is 0 Å². The van der Waals surface area contributed by atoms with Gasteiger partial charge in [-0.05, 0) is 70.8 Å². The molecule has 50 heavy (non-hydrogen) atoms. The van der Waals surface area contributed by atoms with Gasteiger partial charge in [0.2, 0.25) is 6.10 Å². The van der Waals surface area contributed by atoms with Gasteiger partial charge >= 0.3 is 17.9 Å². The summed E-state index contributed by atoms with van der Waals surface area (Å²) < 4.78 is 21.8. The Balaban J connectivity index is 1.41. The van der Waals surface area contributed by atoms with Crippen molar-refractivity contribution < 1.29 is 69.1 Å². The molecule has 1 aliphatic rings. The molecule has 14 heteroatoms. The second-order valence-electron chi connectivity index (χ2n) is 11.2. The summed E-state index contributed by atoms with van der Waals surface area (Å²) in [7, 11) is 1.41. The molecule has 0 fully saturated rings. The van der Waals surface area contributed by atoms with E-state index in [2.05, 4.69) is 0 Å². The summed E-state index contributed by atoms with van der Waals surface area (Å²) in [6.45, 7) is -0.129. The van der Waals surface area contributed by atoms with Crippen LogP contribution in [-0.4, -0.2) is 73.5 Å². The first kappa shape index (κ1) is 34.8. The van der Waals surface area contributed by atoms with Gasteiger partial charge in [0.05, 0.1) is 13.7 Å². The Morgan fingerprint density at radius 2 is 1.46 bits per heavy atom. The number of aromatic hydroxyl groups is 6. The van der Waals surface area contributed by atoms with E-state index in [0.717, 1.165) is 18.2 Å². The number of hydrogen-bond donors (Lipinski definition) is 7. The summed E-state index contributed by atoms with van der Waals surface area (Å²) in [6.07, 6.45) is -0.772. The van der Waals surface area contributed by atoms with Crippen molar-refractivity contribution in [2.24, 2.45) is 0 Å². The molecular weight excluding hydrogens is 656 g/mol. The molecule has 4 aromatic carbocycles. The topological polar surface area (TPSA) is 230 Å². The van der Waals surface area contributed by atoms with Crippen LogP contribution in [0.5, 0.6) is 46.0 Å². The second-order valence-corrected chi connectivity index (χ2v) is 11.2. The van der Waals surface area contributed by atoms with Crippen LogP contribution < -0.4 is 9.47 Å². The minimum atomic E-state index is -1.66. The van der Waals surface area contributed by atoms with Gasteiger partial charge in [0.15, 0.2) is 46.0 Å². The summed E-state index contributed by atoms with van der Waals surface area (Å²) >= 11 is 0. The molecule has 0 radical (unpaired) electrons. The van der Waals surface area contributed by atoms with Crippen LogP contribution in [0.3, 0.4) is 0 Å². The van der Waals surface area contributed by atoms with Crippen molar-refractivity contribution in [1.29, 1.82) is 0 Å². The van der Waals surface area contributed by atoms with Crippen LogP contribution >= 0.6 is 0 Å². The molecule has 0 unspecified atom stereocenters. The number of hydrogen-bond acceptors (Lipinski definition) is 13. The van der Waals surface area contributed by atoms with E-state index in [0.29, 0.717) is 5.56 Å². The number of ether oxygens (including phenoxy) is 4. The Morgan fingerprint density at radius 1 is 0.800 bits per heavy atom. The number of fused-ring (bicyclic) bond motifs is 1. The third-order valence-electron chi connectivity index (χ3n) is 7.92. The molecule has 0 aromatic heterocycles.